The molecule has 2 aliphatic rings. The fourth-order valence-corrected chi connectivity index (χ4v) is 3.69. The van der Waals surface area contributed by atoms with Crippen LogP contribution in [0.1, 0.15) is 32.4 Å². The number of carbonyl (C=O) groups excluding carboxylic acids is 1. The molecule has 1 amide bonds. The second-order valence-corrected chi connectivity index (χ2v) is 7.90. The highest BCUT2D eigenvalue weighted by molar-refractivity contribution is 5.69. The molecule has 1 aliphatic carbocycles. The van der Waals surface area contributed by atoms with Gasteiger partial charge >= 0.3 is 6.09 Å². The average Bonchev–Trinajstić information content (AvgIpc) is 2.94. The Morgan fingerprint density at radius 2 is 1.80 bits per heavy atom. The van der Waals surface area contributed by atoms with Crippen molar-refractivity contribution in [2.75, 3.05) is 13.1 Å². The lowest BCUT2D eigenvalue weighted by atomic mass is 10.2. The molecule has 1 aliphatic heterocycles. The minimum absolute atomic E-state index is 0.227. The number of nitrogens with zero attached hydrogens (tertiary/aromatic N) is 3. The third-order valence-corrected chi connectivity index (χ3v) is 4.89. The number of hydrogen-bond donors (Lipinski definition) is 0. The Morgan fingerprint density at radius 1 is 1.16 bits per heavy atom. The molecule has 1 saturated heterocycles. The number of fused-ring (bicyclic) bond motifs is 1. The molecule has 6 heteroatoms. The molecule has 0 radical (unpaired) electrons. The van der Waals surface area contributed by atoms with Gasteiger partial charge in [-0.3, -0.25) is 0 Å². The van der Waals surface area contributed by atoms with E-state index >= 15 is 0 Å². The molecule has 0 N–H and O–H groups in total. The molecule has 0 spiro atoms. The fourth-order valence-electron chi connectivity index (χ4n) is 3.69. The van der Waals surface area contributed by atoms with Crippen molar-refractivity contribution in [1.29, 1.82) is 0 Å². The average molecular weight is 343 g/mol. The molecule has 3 atom stereocenters. The summed E-state index contributed by atoms with van der Waals surface area (Å²) in [6.07, 6.45) is 1.68. The number of halogens is 1. The molecule has 1 saturated carbocycles. The molecule has 132 valence electrons. The molecular formula is C19H22FN3O2. The maximum Gasteiger partial charge on any atom is 0.410 e. The van der Waals surface area contributed by atoms with Gasteiger partial charge in [-0.1, -0.05) is 0 Å². The number of hydrogen-bond acceptors (Lipinski definition) is 3. The van der Waals surface area contributed by atoms with Gasteiger partial charge in [0.2, 0.25) is 0 Å². The van der Waals surface area contributed by atoms with E-state index in [2.05, 4.69) is 5.10 Å². The van der Waals surface area contributed by atoms with Gasteiger partial charge in [-0.15, -0.1) is 0 Å². The summed E-state index contributed by atoms with van der Waals surface area (Å²) < 4.78 is 20.2. The van der Waals surface area contributed by atoms with E-state index in [0.717, 1.165) is 24.5 Å². The molecule has 1 aromatic heterocycles. The Labute approximate surface area is 146 Å². The largest absolute Gasteiger partial charge is 0.444 e. The molecule has 4 rings (SSSR count). The van der Waals surface area contributed by atoms with Crippen LogP contribution in [-0.2, 0) is 4.74 Å². The Bertz CT molecular complexity index is 782. The smallest absolute Gasteiger partial charge is 0.410 e. The summed E-state index contributed by atoms with van der Waals surface area (Å²) in [7, 11) is 0. The van der Waals surface area contributed by atoms with Crippen LogP contribution >= 0.6 is 0 Å². The first-order chi connectivity index (χ1) is 11.8. The minimum atomic E-state index is -0.461. The number of likely N-dealkylation sites (tertiary alicyclic amines) is 1. The van der Waals surface area contributed by atoms with Crippen LogP contribution in [0, 0.1) is 17.7 Å². The van der Waals surface area contributed by atoms with E-state index in [0.29, 0.717) is 17.8 Å². The van der Waals surface area contributed by atoms with Crippen molar-refractivity contribution in [3.05, 3.63) is 48.0 Å². The molecule has 2 heterocycles. The quantitative estimate of drug-likeness (QED) is 0.837. The summed E-state index contributed by atoms with van der Waals surface area (Å²) in [4.78, 5) is 13.9. The molecule has 25 heavy (non-hydrogen) atoms. The van der Waals surface area contributed by atoms with Crippen molar-refractivity contribution in [2.24, 2.45) is 11.8 Å². The SMILES string of the molecule is CC(C)(C)OC(=O)N1C[C@@H]2[C@H](C1)[C@H]2c1ccn(-c2ccc(F)cc2)n1. The molecular weight excluding hydrogens is 321 g/mol. The summed E-state index contributed by atoms with van der Waals surface area (Å²) in [5, 5.41) is 4.64. The van der Waals surface area contributed by atoms with Gasteiger partial charge in [0.05, 0.1) is 11.4 Å². The highest BCUT2D eigenvalue weighted by Crippen LogP contribution is 2.57. The van der Waals surface area contributed by atoms with E-state index in [1.54, 1.807) is 21.7 Å². The maximum absolute atomic E-state index is 13.0. The van der Waals surface area contributed by atoms with Gasteiger partial charge in [-0.2, -0.15) is 5.10 Å². The van der Waals surface area contributed by atoms with Crippen LogP contribution in [0.25, 0.3) is 5.69 Å². The van der Waals surface area contributed by atoms with Crippen LogP contribution in [0.5, 0.6) is 0 Å². The Morgan fingerprint density at radius 3 is 2.40 bits per heavy atom. The van der Waals surface area contributed by atoms with Gasteiger partial charge in [-0.05, 0) is 62.9 Å². The molecule has 2 fully saturated rings. The second-order valence-electron chi connectivity index (χ2n) is 7.90. The van der Waals surface area contributed by atoms with Crippen LogP contribution in [0.3, 0.4) is 0 Å². The van der Waals surface area contributed by atoms with Crippen molar-refractivity contribution < 1.29 is 13.9 Å². The summed E-state index contributed by atoms with van der Waals surface area (Å²) in [5.41, 5.74) is 1.43. The minimum Gasteiger partial charge on any atom is -0.444 e. The van der Waals surface area contributed by atoms with E-state index in [4.69, 9.17) is 4.74 Å². The first-order valence-corrected chi connectivity index (χ1v) is 8.61. The van der Waals surface area contributed by atoms with Crippen LogP contribution in [0.15, 0.2) is 36.5 Å². The second kappa shape index (κ2) is 5.58. The highest BCUT2D eigenvalue weighted by Gasteiger charge is 2.58. The first-order valence-electron chi connectivity index (χ1n) is 8.61. The van der Waals surface area contributed by atoms with Crippen molar-refractivity contribution in [3.63, 3.8) is 0 Å². The van der Waals surface area contributed by atoms with Crippen molar-refractivity contribution in [2.45, 2.75) is 32.3 Å². The topological polar surface area (TPSA) is 47.4 Å². The number of carbonyl (C=O) groups is 1. The molecule has 1 aromatic carbocycles. The fraction of sp³-hybridized carbons (Fsp3) is 0.474. The number of amides is 1. The number of aromatic nitrogens is 2. The number of benzene rings is 1. The van der Waals surface area contributed by atoms with Crippen molar-refractivity contribution in [3.8, 4) is 5.69 Å². The molecule has 2 aromatic rings. The standard InChI is InChI=1S/C19H22FN3O2/c1-19(2,3)25-18(24)22-10-14-15(11-22)17(14)16-8-9-23(21-16)13-6-4-12(20)5-7-13/h4-9,14-15,17H,10-11H2,1-3H3/t14-,15+,17+. The normalized spacial score (nSPS) is 25.0. The number of piperidine rings is 1. The van der Waals surface area contributed by atoms with Crippen LogP contribution in [-0.4, -0.2) is 39.5 Å². The third-order valence-electron chi connectivity index (χ3n) is 4.89. The van der Waals surface area contributed by atoms with Crippen molar-refractivity contribution >= 4 is 6.09 Å². The summed E-state index contributed by atoms with van der Waals surface area (Å²) in [6.45, 7) is 7.10. The number of rotatable bonds is 2. The lowest BCUT2D eigenvalue weighted by Crippen LogP contribution is -2.36. The zero-order valence-electron chi connectivity index (χ0n) is 14.6. The Hall–Kier alpha value is -2.37. The molecule has 0 bridgehead atoms. The van der Waals surface area contributed by atoms with E-state index in [-0.39, 0.29) is 11.9 Å². The van der Waals surface area contributed by atoms with Crippen molar-refractivity contribution in [1.82, 2.24) is 14.7 Å². The van der Waals surface area contributed by atoms with E-state index in [1.165, 1.54) is 12.1 Å². The monoisotopic (exact) mass is 343 g/mol. The Balaban J connectivity index is 1.39. The summed E-state index contributed by atoms with van der Waals surface area (Å²) in [6, 6.07) is 8.31. The van der Waals surface area contributed by atoms with E-state index in [1.807, 2.05) is 33.0 Å². The van der Waals surface area contributed by atoms with Gasteiger partial charge < -0.3 is 9.64 Å². The van der Waals surface area contributed by atoms with Gasteiger partial charge in [0.15, 0.2) is 0 Å². The third kappa shape index (κ3) is 3.13. The van der Waals surface area contributed by atoms with Gasteiger partial charge in [0.1, 0.15) is 11.4 Å². The van der Waals surface area contributed by atoms with Gasteiger partial charge in [0.25, 0.3) is 0 Å². The summed E-state index contributed by atoms with van der Waals surface area (Å²) >= 11 is 0. The lowest BCUT2D eigenvalue weighted by Gasteiger charge is -2.25. The molecule has 0 unspecified atom stereocenters. The predicted molar refractivity (Wildman–Crippen MR) is 91.1 cm³/mol. The van der Waals surface area contributed by atoms with Crippen LogP contribution in [0.2, 0.25) is 0 Å². The highest BCUT2D eigenvalue weighted by atomic mass is 19.1. The molecule has 5 nitrogen and oxygen atoms in total. The van der Waals surface area contributed by atoms with Gasteiger partial charge in [0, 0.05) is 25.2 Å². The van der Waals surface area contributed by atoms with Crippen LogP contribution < -0.4 is 0 Å². The predicted octanol–water partition coefficient (Wildman–Crippen LogP) is 3.59. The first kappa shape index (κ1) is 16.1. The summed E-state index contributed by atoms with van der Waals surface area (Å²) in [5.74, 6) is 1.07. The zero-order valence-corrected chi connectivity index (χ0v) is 14.6. The lowest BCUT2D eigenvalue weighted by molar-refractivity contribution is 0.0270. The van der Waals surface area contributed by atoms with E-state index in [9.17, 15) is 9.18 Å². The zero-order chi connectivity index (χ0) is 17.8. The van der Waals surface area contributed by atoms with E-state index < -0.39 is 5.60 Å². The van der Waals surface area contributed by atoms with Crippen LogP contribution in [0.4, 0.5) is 9.18 Å². The Kier molecular flexibility index (Phi) is 3.60. The van der Waals surface area contributed by atoms with Gasteiger partial charge in [-0.25, -0.2) is 13.9 Å². The number of ether oxygens (including phenoxy) is 1. The maximum atomic E-state index is 13.0.